The van der Waals surface area contributed by atoms with Gasteiger partial charge in [0, 0.05) is 0 Å². The van der Waals surface area contributed by atoms with Crippen molar-refractivity contribution in [2.24, 2.45) is 0 Å². The van der Waals surface area contributed by atoms with Gasteiger partial charge in [-0.3, -0.25) is 0 Å². The number of hydrogen-bond acceptors (Lipinski definition) is 7. The molecule has 0 aliphatic rings. The third-order valence-electron chi connectivity index (χ3n) is 4.23. The highest BCUT2D eigenvalue weighted by Crippen LogP contribution is 2.11. The highest BCUT2D eigenvalue weighted by Gasteiger charge is 2.38. The van der Waals surface area contributed by atoms with E-state index in [0.29, 0.717) is 6.42 Å². The van der Waals surface area contributed by atoms with Crippen molar-refractivity contribution >= 4 is 11.9 Å². The first-order valence-corrected chi connectivity index (χ1v) is 9.44. The summed E-state index contributed by atoms with van der Waals surface area (Å²) in [7, 11) is 0. The van der Waals surface area contributed by atoms with Crippen molar-refractivity contribution < 1.29 is 39.9 Å². The number of esters is 1. The first-order chi connectivity index (χ1) is 12.3. The first kappa shape index (κ1) is 24.8. The van der Waals surface area contributed by atoms with Crippen LogP contribution in [0.5, 0.6) is 0 Å². The van der Waals surface area contributed by atoms with E-state index in [9.17, 15) is 24.9 Å². The van der Waals surface area contributed by atoms with Crippen LogP contribution in [0.4, 0.5) is 0 Å². The zero-order chi connectivity index (χ0) is 19.9. The minimum absolute atomic E-state index is 0.0662. The number of ether oxygens (including phenoxy) is 1. The van der Waals surface area contributed by atoms with E-state index in [-0.39, 0.29) is 6.61 Å². The second-order valence-corrected chi connectivity index (χ2v) is 6.56. The smallest absolute Gasteiger partial charge is 0.337 e. The summed E-state index contributed by atoms with van der Waals surface area (Å²) in [6.07, 6.45) is 2.38. The molecule has 5 N–H and O–H groups in total. The van der Waals surface area contributed by atoms with Crippen LogP contribution in [0.3, 0.4) is 0 Å². The van der Waals surface area contributed by atoms with Crippen molar-refractivity contribution in [1.82, 2.24) is 0 Å². The zero-order valence-corrected chi connectivity index (χ0v) is 15.5. The molecule has 0 aromatic carbocycles. The van der Waals surface area contributed by atoms with Gasteiger partial charge in [0.25, 0.3) is 0 Å². The Labute approximate surface area is 154 Å². The van der Waals surface area contributed by atoms with Gasteiger partial charge >= 0.3 is 11.9 Å². The van der Waals surface area contributed by atoms with Gasteiger partial charge in [0.1, 0.15) is 12.2 Å². The van der Waals surface area contributed by atoms with Crippen LogP contribution in [-0.4, -0.2) is 68.5 Å². The normalized spacial score (nSPS) is 15.9. The molecule has 0 rings (SSSR count). The molecule has 0 radical (unpaired) electrons. The average Bonchev–Trinajstić information content (AvgIpc) is 2.63. The molecule has 4 atom stereocenters. The molecule has 0 saturated heterocycles. The first-order valence-electron chi connectivity index (χ1n) is 9.44. The topological polar surface area (TPSA) is 145 Å². The maximum absolute atomic E-state index is 11.6. The molecule has 4 unspecified atom stereocenters. The lowest BCUT2D eigenvalue weighted by Crippen LogP contribution is -2.50. The number of unbranched alkanes of at least 4 members (excludes halogenated alkanes) is 9. The molecule has 0 heterocycles. The van der Waals surface area contributed by atoms with E-state index >= 15 is 0 Å². The summed E-state index contributed by atoms with van der Waals surface area (Å²) < 4.78 is 4.80. The molecular weight excluding hydrogens is 344 g/mol. The molecule has 26 heavy (non-hydrogen) atoms. The Morgan fingerprint density at radius 1 is 0.731 bits per heavy atom. The predicted octanol–water partition coefficient (Wildman–Crippen LogP) is 0.979. The van der Waals surface area contributed by atoms with Crippen LogP contribution in [0, 0.1) is 0 Å². The van der Waals surface area contributed by atoms with Crippen molar-refractivity contribution in [3.05, 3.63) is 0 Å². The number of carboxylic acid groups (broad SMARTS) is 1. The van der Waals surface area contributed by atoms with E-state index in [0.717, 1.165) is 19.3 Å². The van der Waals surface area contributed by atoms with Gasteiger partial charge in [-0.25, -0.2) is 9.59 Å². The molecule has 0 fully saturated rings. The molecule has 0 saturated carbocycles. The van der Waals surface area contributed by atoms with Crippen LogP contribution in [-0.2, 0) is 14.3 Å². The third-order valence-corrected chi connectivity index (χ3v) is 4.23. The van der Waals surface area contributed by atoms with Gasteiger partial charge in [-0.1, -0.05) is 64.7 Å². The van der Waals surface area contributed by atoms with Crippen LogP contribution in [0.25, 0.3) is 0 Å². The van der Waals surface area contributed by atoms with Crippen molar-refractivity contribution in [1.29, 1.82) is 0 Å². The lowest BCUT2D eigenvalue weighted by atomic mass is 10.0. The van der Waals surface area contributed by atoms with Crippen molar-refractivity contribution in [2.75, 3.05) is 6.61 Å². The lowest BCUT2D eigenvalue weighted by Gasteiger charge is -2.23. The summed E-state index contributed by atoms with van der Waals surface area (Å²) >= 11 is 0. The Bertz CT molecular complexity index is 387. The molecule has 8 nitrogen and oxygen atoms in total. The fraction of sp³-hybridized carbons (Fsp3) is 0.889. The number of carbonyl (C=O) groups excluding carboxylic acids is 1. The monoisotopic (exact) mass is 378 g/mol. The molecule has 0 aliphatic heterocycles. The van der Waals surface area contributed by atoms with Crippen LogP contribution >= 0.6 is 0 Å². The molecule has 154 valence electrons. The highest BCUT2D eigenvalue weighted by molar-refractivity contribution is 5.76. The van der Waals surface area contributed by atoms with E-state index < -0.39 is 36.4 Å². The van der Waals surface area contributed by atoms with Crippen molar-refractivity contribution in [2.45, 2.75) is 95.5 Å². The van der Waals surface area contributed by atoms with Crippen LogP contribution in [0.15, 0.2) is 0 Å². The third kappa shape index (κ3) is 10.7. The van der Waals surface area contributed by atoms with E-state index in [2.05, 4.69) is 6.92 Å². The Hall–Kier alpha value is -1.22. The number of aliphatic carboxylic acids is 1. The number of carboxylic acids is 1. The maximum Gasteiger partial charge on any atom is 0.337 e. The zero-order valence-electron chi connectivity index (χ0n) is 15.5. The van der Waals surface area contributed by atoms with Gasteiger partial charge in [-0.2, -0.15) is 0 Å². The fourth-order valence-corrected chi connectivity index (χ4v) is 2.51. The SMILES string of the molecule is CCCCCCCCCCCCOC(=O)C(O)C(O)C(O)C(O)C(=O)O. The largest absolute Gasteiger partial charge is 0.479 e. The second kappa shape index (κ2) is 14.9. The summed E-state index contributed by atoms with van der Waals surface area (Å²) in [6, 6.07) is 0. The molecule has 0 bridgehead atoms. The fourth-order valence-electron chi connectivity index (χ4n) is 2.51. The summed E-state index contributed by atoms with van der Waals surface area (Å²) in [5.74, 6) is -2.94. The minimum Gasteiger partial charge on any atom is -0.479 e. The Morgan fingerprint density at radius 2 is 1.15 bits per heavy atom. The standard InChI is InChI=1S/C18H34O8/c1-2-3-4-5-6-7-8-9-10-11-12-26-18(25)16(22)14(20)13(19)15(21)17(23)24/h13-16,19-22H,2-12H2,1H3,(H,23,24). The molecule has 0 aliphatic carbocycles. The van der Waals surface area contributed by atoms with Crippen LogP contribution in [0.2, 0.25) is 0 Å². The summed E-state index contributed by atoms with van der Waals surface area (Å²) in [5.41, 5.74) is 0. The Morgan fingerprint density at radius 3 is 1.62 bits per heavy atom. The number of rotatable bonds is 16. The van der Waals surface area contributed by atoms with Crippen LogP contribution in [0.1, 0.15) is 71.1 Å². The summed E-state index contributed by atoms with van der Waals surface area (Å²) in [4.78, 5) is 22.1. The Kier molecular flexibility index (Phi) is 14.2. The molecule has 8 heteroatoms. The summed E-state index contributed by atoms with van der Waals surface area (Å²) in [6.45, 7) is 2.25. The average molecular weight is 378 g/mol. The van der Waals surface area contributed by atoms with E-state index in [1.807, 2.05) is 0 Å². The Balaban J connectivity index is 3.76. The molecule has 0 aromatic rings. The van der Waals surface area contributed by atoms with E-state index in [1.165, 1.54) is 38.5 Å². The van der Waals surface area contributed by atoms with E-state index in [4.69, 9.17) is 14.9 Å². The van der Waals surface area contributed by atoms with Crippen molar-refractivity contribution in [3.63, 3.8) is 0 Å². The second-order valence-electron chi connectivity index (χ2n) is 6.56. The number of carbonyl (C=O) groups is 2. The van der Waals surface area contributed by atoms with Gasteiger partial charge in [-0.15, -0.1) is 0 Å². The van der Waals surface area contributed by atoms with E-state index in [1.54, 1.807) is 0 Å². The van der Waals surface area contributed by atoms with Gasteiger partial charge in [0.15, 0.2) is 12.2 Å². The molecule has 0 aromatic heterocycles. The minimum atomic E-state index is -2.31. The van der Waals surface area contributed by atoms with Gasteiger partial charge in [0.2, 0.25) is 0 Å². The van der Waals surface area contributed by atoms with Crippen molar-refractivity contribution in [3.8, 4) is 0 Å². The number of aliphatic hydroxyl groups is 4. The number of aliphatic hydroxyl groups excluding tert-OH is 4. The molecular formula is C18H34O8. The van der Waals surface area contributed by atoms with Gasteiger partial charge in [-0.05, 0) is 6.42 Å². The quantitative estimate of drug-likeness (QED) is 0.197. The van der Waals surface area contributed by atoms with Gasteiger partial charge < -0.3 is 30.3 Å². The maximum atomic E-state index is 11.6. The molecule has 0 spiro atoms. The van der Waals surface area contributed by atoms with Crippen LogP contribution < -0.4 is 0 Å². The lowest BCUT2D eigenvalue weighted by molar-refractivity contribution is -0.176. The molecule has 0 amide bonds. The highest BCUT2D eigenvalue weighted by atomic mass is 16.5. The predicted molar refractivity (Wildman–Crippen MR) is 94.5 cm³/mol. The summed E-state index contributed by atoms with van der Waals surface area (Å²) in [5, 5.41) is 46.1. The van der Waals surface area contributed by atoms with Gasteiger partial charge in [0.05, 0.1) is 6.61 Å². The number of hydrogen-bond donors (Lipinski definition) is 5.